The fourth-order valence-electron chi connectivity index (χ4n) is 2.33. The molecule has 0 aliphatic carbocycles. The lowest BCUT2D eigenvalue weighted by molar-refractivity contribution is -0.152. The molecule has 0 spiro atoms. The number of aliphatic hydroxyl groups is 1. The van der Waals surface area contributed by atoms with E-state index in [9.17, 15) is 9.90 Å². The molecular formula is C10H7Cl2N7O4. The molecule has 2 aromatic rings. The Kier molecular flexibility index (Phi) is 3.96. The third-order valence-corrected chi connectivity index (χ3v) is 3.72. The van der Waals surface area contributed by atoms with Gasteiger partial charge in [-0.2, -0.15) is 4.98 Å². The summed E-state index contributed by atoms with van der Waals surface area (Å²) in [6, 6.07) is -1.31. The van der Waals surface area contributed by atoms with Crippen LogP contribution in [0, 0.1) is 0 Å². The van der Waals surface area contributed by atoms with Gasteiger partial charge in [-0.25, -0.2) is 14.8 Å². The van der Waals surface area contributed by atoms with Gasteiger partial charge < -0.3 is 14.9 Å². The van der Waals surface area contributed by atoms with Gasteiger partial charge in [0.05, 0.1) is 6.33 Å². The summed E-state index contributed by atoms with van der Waals surface area (Å²) in [5.74, 6) is -1.38. The van der Waals surface area contributed by atoms with Gasteiger partial charge in [0.15, 0.2) is 23.1 Å². The average molecular weight is 360 g/mol. The molecule has 1 fully saturated rings. The van der Waals surface area contributed by atoms with Crippen molar-refractivity contribution in [1.29, 1.82) is 0 Å². The monoisotopic (exact) mass is 359 g/mol. The molecule has 3 heterocycles. The molecule has 0 saturated carbocycles. The molecule has 0 aromatic carbocycles. The Morgan fingerprint density at radius 1 is 1.48 bits per heavy atom. The van der Waals surface area contributed by atoms with Gasteiger partial charge in [-0.1, -0.05) is 16.7 Å². The van der Waals surface area contributed by atoms with E-state index in [4.69, 9.17) is 38.6 Å². The third-order valence-electron chi connectivity index (χ3n) is 3.29. The molecule has 120 valence electrons. The van der Waals surface area contributed by atoms with Crippen LogP contribution in [0.25, 0.3) is 21.6 Å². The Morgan fingerprint density at radius 3 is 2.87 bits per heavy atom. The number of aliphatic hydroxyl groups excluding tert-OH is 1. The normalized spacial score (nSPS) is 27.1. The van der Waals surface area contributed by atoms with Crippen LogP contribution in [0.1, 0.15) is 6.23 Å². The number of fused-ring (bicyclic) bond motifs is 1. The number of azide groups is 1. The number of hydrogen-bond donors (Lipinski definition) is 2. The Hall–Kier alpha value is -2.17. The Morgan fingerprint density at radius 2 is 2.22 bits per heavy atom. The Labute approximate surface area is 137 Å². The number of ether oxygens (including phenoxy) is 1. The van der Waals surface area contributed by atoms with E-state index >= 15 is 0 Å². The first-order chi connectivity index (χ1) is 10.9. The number of imidazole rings is 1. The summed E-state index contributed by atoms with van der Waals surface area (Å²) in [7, 11) is 0. The zero-order valence-electron chi connectivity index (χ0n) is 11.0. The molecule has 0 amide bonds. The van der Waals surface area contributed by atoms with E-state index in [1.807, 2.05) is 0 Å². The predicted molar refractivity (Wildman–Crippen MR) is 75.8 cm³/mol. The van der Waals surface area contributed by atoms with Crippen LogP contribution in [0.15, 0.2) is 11.4 Å². The molecule has 2 N–H and O–H groups in total. The molecule has 11 nitrogen and oxygen atoms in total. The fraction of sp³-hybridized carbons (Fsp3) is 0.400. The number of carboxylic acid groups (broad SMARTS) is 1. The number of halogens is 2. The van der Waals surface area contributed by atoms with Crippen LogP contribution < -0.4 is 0 Å². The number of aromatic nitrogens is 4. The molecule has 13 heteroatoms. The SMILES string of the molecule is [N-]=[N+]=NC1C(C(=O)O)OC(n2cnc3c(Cl)nc(Cl)nc32)C1O. The van der Waals surface area contributed by atoms with Gasteiger partial charge in [0.1, 0.15) is 17.7 Å². The summed E-state index contributed by atoms with van der Waals surface area (Å²) < 4.78 is 6.55. The topological polar surface area (TPSA) is 159 Å². The first-order valence-electron chi connectivity index (χ1n) is 6.10. The van der Waals surface area contributed by atoms with E-state index in [0.29, 0.717) is 0 Å². The van der Waals surface area contributed by atoms with Crippen molar-refractivity contribution in [3.63, 3.8) is 0 Å². The van der Waals surface area contributed by atoms with Gasteiger partial charge in [0, 0.05) is 4.91 Å². The lowest BCUT2D eigenvalue weighted by Gasteiger charge is -2.16. The molecule has 0 radical (unpaired) electrons. The van der Waals surface area contributed by atoms with E-state index in [0.717, 1.165) is 0 Å². The van der Waals surface area contributed by atoms with Crippen molar-refractivity contribution in [1.82, 2.24) is 19.5 Å². The minimum atomic E-state index is -1.52. The van der Waals surface area contributed by atoms with Crippen LogP contribution >= 0.6 is 23.2 Å². The maximum absolute atomic E-state index is 11.2. The van der Waals surface area contributed by atoms with Gasteiger partial charge in [0.2, 0.25) is 5.28 Å². The molecule has 1 aliphatic rings. The maximum atomic E-state index is 11.2. The number of aliphatic carboxylic acids is 1. The van der Waals surface area contributed by atoms with Crippen molar-refractivity contribution in [2.24, 2.45) is 5.11 Å². The molecule has 3 rings (SSSR count). The van der Waals surface area contributed by atoms with Crippen molar-refractivity contribution in [2.45, 2.75) is 24.5 Å². The van der Waals surface area contributed by atoms with Gasteiger partial charge in [-0.15, -0.1) is 0 Å². The molecule has 0 bridgehead atoms. The number of rotatable bonds is 3. The molecule has 4 unspecified atom stereocenters. The highest BCUT2D eigenvalue weighted by Crippen LogP contribution is 2.34. The quantitative estimate of drug-likeness (QED) is 0.273. The summed E-state index contributed by atoms with van der Waals surface area (Å²) in [4.78, 5) is 25.4. The van der Waals surface area contributed by atoms with Crippen molar-refractivity contribution >= 4 is 40.3 Å². The second-order valence-electron chi connectivity index (χ2n) is 4.58. The lowest BCUT2D eigenvalue weighted by Crippen LogP contribution is -2.34. The molecular weight excluding hydrogens is 353 g/mol. The first kappa shape index (κ1) is 15.7. The number of carboxylic acids is 1. The van der Waals surface area contributed by atoms with E-state index in [2.05, 4.69) is 25.0 Å². The van der Waals surface area contributed by atoms with Crippen LogP contribution in [0.3, 0.4) is 0 Å². The van der Waals surface area contributed by atoms with Crippen LogP contribution in [-0.2, 0) is 9.53 Å². The number of carbonyl (C=O) groups is 1. The van der Waals surface area contributed by atoms with Gasteiger partial charge >= 0.3 is 5.97 Å². The standard InChI is InChI=1S/C10H7Cl2N7O4/c11-6-3-7(16-10(12)15-6)19(1-14-3)8-4(20)2(17-18-13)5(23-8)9(21)22/h1-2,4-5,8,20H,(H,21,22). The van der Waals surface area contributed by atoms with Crippen molar-refractivity contribution in [3.8, 4) is 0 Å². The zero-order chi connectivity index (χ0) is 16.7. The zero-order valence-corrected chi connectivity index (χ0v) is 12.5. The molecule has 23 heavy (non-hydrogen) atoms. The highest BCUT2D eigenvalue weighted by Gasteiger charge is 2.48. The first-order valence-corrected chi connectivity index (χ1v) is 6.85. The molecule has 1 aliphatic heterocycles. The summed E-state index contributed by atoms with van der Waals surface area (Å²) in [5.41, 5.74) is 8.87. The van der Waals surface area contributed by atoms with Crippen molar-refractivity contribution in [2.75, 3.05) is 0 Å². The van der Waals surface area contributed by atoms with Gasteiger partial charge in [-0.05, 0) is 17.1 Å². The molecule has 4 atom stereocenters. The minimum Gasteiger partial charge on any atom is -0.479 e. The fourth-order valence-corrected chi connectivity index (χ4v) is 2.75. The van der Waals surface area contributed by atoms with E-state index in [1.165, 1.54) is 10.9 Å². The molecule has 1 saturated heterocycles. The minimum absolute atomic E-state index is 0.00684. The van der Waals surface area contributed by atoms with E-state index < -0.39 is 30.4 Å². The number of nitrogens with zero attached hydrogens (tertiary/aromatic N) is 7. The van der Waals surface area contributed by atoms with Crippen LogP contribution in [0.5, 0.6) is 0 Å². The number of hydrogen-bond acceptors (Lipinski definition) is 7. The second-order valence-corrected chi connectivity index (χ2v) is 5.28. The van der Waals surface area contributed by atoms with Gasteiger partial charge in [0.25, 0.3) is 0 Å². The van der Waals surface area contributed by atoms with Gasteiger partial charge in [-0.3, -0.25) is 4.57 Å². The Balaban J connectivity index is 2.08. The lowest BCUT2D eigenvalue weighted by atomic mass is 10.1. The second kappa shape index (κ2) is 5.80. The largest absolute Gasteiger partial charge is 0.479 e. The highest BCUT2D eigenvalue weighted by atomic mass is 35.5. The molecule has 2 aromatic heterocycles. The summed E-state index contributed by atoms with van der Waals surface area (Å²) in [6.45, 7) is 0. The maximum Gasteiger partial charge on any atom is 0.333 e. The van der Waals surface area contributed by atoms with Crippen LogP contribution in [0.2, 0.25) is 10.4 Å². The average Bonchev–Trinajstić information content (AvgIpc) is 3.02. The van der Waals surface area contributed by atoms with E-state index in [-0.39, 0.29) is 21.6 Å². The smallest absolute Gasteiger partial charge is 0.333 e. The van der Waals surface area contributed by atoms with Crippen LogP contribution in [0.4, 0.5) is 0 Å². The summed E-state index contributed by atoms with van der Waals surface area (Å²) in [6.07, 6.45) is -2.90. The summed E-state index contributed by atoms with van der Waals surface area (Å²) >= 11 is 11.6. The predicted octanol–water partition coefficient (Wildman–Crippen LogP) is 1.15. The van der Waals surface area contributed by atoms with Crippen LogP contribution in [-0.4, -0.2) is 54.0 Å². The highest BCUT2D eigenvalue weighted by molar-refractivity contribution is 6.35. The van der Waals surface area contributed by atoms with Crippen molar-refractivity contribution in [3.05, 3.63) is 27.2 Å². The van der Waals surface area contributed by atoms with Crippen molar-refractivity contribution < 1.29 is 19.7 Å². The summed E-state index contributed by atoms with van der Waals surface area (Å²) in [5, 5.41) is 22.5. The van der Waals surface area contributed by atoms with E-state index in [1.54, 1.807) is 0 Å². The Bertz CT molecular complexity index is 836. The third kappa shape index (κ3) is 2.54.